The molecular weight excluding hydrogens is 422 g/mol. The fourth-order valence-electron chi connectivity index (χ4n) is 4.27. The van der Waals surface area contributed by atoms with E-state index in [0.29, 0.717) is 17.0 Å². The summed E-state index contributed by atoms with van der Waals surface area (Å²) in [4.78, 5) is 24.5. The highest BCUT2D eigenvalue weighted by Crippen LogP contribution is 2.40. The number of fused-ring (bicyclic) bond motifs is 1. The van der Waals surface area contributed by atoms with Crippen LogP contribution in [-0.2, 0) is 23.2 Å². The monoisotopic (exact) mass is 445 g/mol. The van der Waals surface area contributed by atoms with Gasteiger partial charge in [-0.1, -0.05) is 65.8 Å². The SMILES string of the molecule is COc1nc(O[C@H](C(=O)O)C(N=[N+]=[N-])(c2ccccc2)c2ccccc2)nc2c1CCCC2. The van der Waals surface area contributed by atoms with Crippen molar-refractivity contribution < 1.29 is 19.4 Å². The van der Waals surface area contributed by atoms with Gasteiger partial charge in [0.2, 0.25) is 12.0 Å². The second-order valence-electron chi connectivity index (χ2n) is 7.67. The Balaban J connectivity index is 1.90. The summed E-state index contributed by atoms with van der Waals surface area (Å²) >= 11 is 0. The van der Waals surface area contributed by atoms with Crippen molar-refractivity contribution in [3.8, 4) is 11.9 Å². The maximum atomic E-state index is 12.6. The minimum atomic E-state index is -1.71. The van der Waals surface area contributed by atoms with E-state index in [1.165, 1.54) is 7.11 Å². The Kier molecular flexibility index (Phi) is 6.42. The lowest BCUT2D eigenvalue weighted by Gasteiger charge is -2.35. The van der Waals surface area contributed by atoms with E-state index in [0.717, 1.165) is 36.9 Å². The van der Waals surface area contributed by atoms with Crippen LogP contribution in [0.2, 0.25) is 0 Å². The van der Waals surface area contributed by atoms with Crippen LogP contribution in [0, 0.1) is 0 Å². The van der Waals surface area contributed by atoms with Crippen LogP contribution in [-0.4, -0.2) is 34.3 Å². The summed E-state index contributed by atoms with van der Waals surface area (Å²) < 4.78 is 11.4. The van der Waals surface area contributed by atoms with Gasteiger partial charge in [-0.05, 0) is 42.3 Å². The van der Waals surface area contributed by atoms with Gasteiger partial charge in [0.05, 0.1) is 12.8 Å². The zero-order valence-electron chi connectivity index (χ0n) is 18.1. The number of azide groups is 1. The molecule has 0 aliphatic heterocycles. The Labute approximate surface area is 190 Å². The average Bonchev–Trinajstić information content (AvgIpc) is 2.86. The Morgan fingerprint density at radius 1 is 1.06 bits per heavy atom. The van der Waals surface area contributed by atoms with Gasteiger partial charge in [-0.2, -0.15) is 9.97 Å². The van der Waals surface area contributed by atoms with Crippen LogP contribution in [0.5, 0.6) is 11.9 Å². The predicted octanol–water partition coefficient (Wildman–Crippen LogP) is 4.45. The van der Waals surface area contributed by atoms with Gasteiger partial charge in [0.15, 0.2) is 0 Å². The topological polar surface area (TPSA) is 130 Å². The van der Waals surface area contributed by atoms with E-state index in [1.54, 1.807) is 60.7 Å². The molecule has 0 spiro atoms. The number of carbonyl (C=O) groups is 1. The second kappa shape index (κ2) is 9.58. The van der Waals surface area contributed by atoms with E-state index in [4.69, 9.17) is 9.47 Å². The molecule has 1 aliphatic carbocycles. The van der Waals surface area contributed by atoms with Crippen molar-refractivity contribution in [1.29, 1.82) is 0 Å². The largest absolute Gasteiger partial charge is 0.481 e. The molecule has 1 N–H and O–H groups in total. The van der Waals surface area contributed by atoms with Crippen molar-refractivity contribution in [3.05, 3.63) is 93.5 Å². The van der Waals surface area contributed by atoms with Crippen LogP contribution in [0.3, 0.4) is 0 Å². The number of nitrogens with zero attached hydrogens (tertiary/aromatic N) is 5. The molecule has 0 radical (unpaired) electrons. The molecule has 1 aliphatic rings. The molecule has 0 unspecified atom stereocenters. The van der Waals surface area contributed by atoms with Crippen molar-refractivity contribution >= 4 is 5.97 Å². The van der Waals surface area contributed by atoms with Crippen molar-refractivity contribution in [2.45, 2.75) is 37.3 Å². The van der Waals surface area contributed by atoms with Crippen LogP contribution < -0.4 is 9.47 Å². The standard InChI is InChI=1S/C24H23N5O4/c1-32-21-18-14-8-9-15-19(18)26-23(27-21)33-20(22(30)31)24(28-29-25,16-10-4-2-5-11-16)17-12-6-3-7-13-17/h2-7,10-13,20H,8-9,14-15H2,1H3,(H,30,31)/t20-/m1/s1. The lowest BCUT2D eigenvalue weighted by molar-refractivity contribution is -0.148. The predicted molar refractivity (Wildman–Crippen MR) is 120 cm³/mol. The first-order chi connectivity index (χ1) is 16.1. The van der Waals surface area contributed by atoms with E-state index in [9.17, 15) is 15.4 Å². The normalized spacial score (nSPS) is 13.8. The van der Waals surface area contributed by atoms with Crippen molar-refractivity contribution in [3.63, 3.8) is 0 Å². The zero-order chi connectivity index (χ0) is 23.3. The number of carboxylic acids is 1. The highest BCUT2D eigenvalue weighted by atomic mass is 16.5. The number of benzene rings is 2. The summed E-state index contributed by atoms with van der Waals surface area (Å²) in [6, 6.07) is 17.3. The van der Waals surface area contributed by atoms with Crippen LogP contribution in [0.15, 0.2) is 65.8 Å². The highest BCUT2D eigenvalue weighted by molar-refractivity contribution is 5.77. The van der Waals surface area contributed by atoms with Crippen molar-refractivity contribution in [2.24, 2.45) is 5.11 Å². The number of aliphatic carboxylic acids is 1. The molecule has 0 saturated carbocycles. The summed E-state index contributed by atoms with van der Waals surface area (Å²) in [5.74, 6) is -0.956. The first-order valence-corrected chi connectivity index (χ1v) is 10.6. The number of ether oxygens (including phenoxy) is 2. The van der Waals surface area contributed by atoms with E-state index in [1.807, 2.05) is 0 Å². The lowest BCUT2D eigenvalue weighted by Crippen LogP contribution is -2.48. The Bertz CT molecular complexity index is 1120. The zero-order valence-corrected chi connectivity index (χ0v) is 18.1. The van der Waals surface area contributed by atoms with Gasteiger partial charge >= 0.3 is 12.0 Å². The number of rotatable bonds is 8. The van der Waals surface area contributed by atoms with Gasteiger partial charge in [0.1, 0.15) is 5.54 Å². The van der Waals surface area contributed by atoms with E-state index in [2.05, 4.69) is 20.0 Å². The second-order valence-corrected chi connectivity index (χ2v) is 7.67. The Morgan fingerprint density at radius 3 is 2.21 bits per heavy atom. The third-order valence-corrected chi connectivity index (χ3v) is 5.78. The summed E-state index contributed by atoms with van der Waals surface area (Å²) in [5.41, 5.74) is 10.4. The Hall–Kier alpha value is -4.10. The quantitative estimate of drug-likeness (QED) is 0.310. The molecule has 3 aromatic rings. The summed E-state index contributed by atoms with van der Waals surface area (Å²) in [6.07, 6.45) is 1.83. The fourth-order valence-corrected chi connectivity index (χ4v) is 4.27. The number of aryl methyl sites for hydroxylation is 1. The van der Waals surface area contributed by atoms with Crippen LogP contribution >= 0.6 is 0 Å². The molecule has 1 aromatic heterocycles. The summed E-state index contributed by atoms with van der Waals surface area (Å²) in [6.45, 7) is 0. The van der Waals surface area contributed by atoms with Gasteiger partial charge in [-0.25, -0.2) is 4.79 Å². The number of carboxylic acid groups (broad SMARTS) is 1. The highest BCUT2D eigenvalue weighted by Gasteiger charge is 2.48. The van der Waals surface area contributed by atoms with Crippen LogP contribution in [0.25, 0.3) is 10.4 Å². The Morgan fingerprint density at radius 2 is 1.67 bits per heavy atom. The van der Waals surface area contributed by atoms with E-state index < -0.39 is 17.6 Å². The lowest BCUT2D eigenvalue weighted by atomic mass is 9.78. The van der Waals surface area contributed by atoms with E-state index in [-0.39, 0.29) is 6.01 Å². The molecule has 168 valence electrons. The van der Waals surface area contributed by atoms with Crippen molar-refractivity contribution in [2.75, 3.05) is 7.11 Å². The molecule has 4 rings (SSSR count). The third-order valence-electron chi connectivity index (χ3n) is 5.78. The molecular formula is C24H23N5O4. The van der Waals surface area contributed by atoms with Crippen LogP contribution in [0.4, 0.5) is 0 Å². The minimum absolute atomic E-state index is 0.135. The van der Waals surface area contributed by atoms with Gasteiger partial charge < -0.3 is 14.6 Å². The van der Waals surface area contributed by atoms with Gasteiger partial charge in [-0.15, -0.1) is 0 Å². The van der Waals surface area contributed by atoms with Crippen LogP contribution in [0.1, 0.15) is 35.2 Å². The number of methoxy groups -OCH3 is 1. The van der Waals surface area contributed by atoms with Crippen molar-refractivity contribution in [1.82, 2.24) is 9.97 Å². The summed E-state index contributed by atoms with van der Waals surface area (Å²) in [7, 11) is 1.51. The van der Waals surface area contributed by atoms with Gasteiger partial charge in [0.25, 0.3) is 0 Å². The fraction of sp³-hybridized carbons (Fsp3) is 0.292. The number of hydrogen-bond donors (Lipinski definition) is 1. The molecule has 2 aromatic carbocycles. The molecule has 9 nitrogen and oxygen atoms in total. The molecule has 0 fully saturated rings. The molecule has 1 atom stereocenters. The van der Waals surface area contributed by atoms with Gasteiger partial charge in [0, 0.05) is 10.5 Å². The molecule has 0 bridgehead atoms. The first-order valence-electron chi connectivity index (χ1n) is 10.6. The average molecular weight is 445 g/mol. The van der Waals surface area contributed by atoms with E-state index >= 15 is 0 Å². The maximum Gasteiger partial charge on any atom is 0.346 e. The third kappa shape index (κ3) is 4.18. The molecule has 9 heteroatoms. The maximum absolute atomic E-state index is 12.6. The molecule has 1 heterocycles. The van der Waals surface area contributed by atoms with Gasteiger partial charge in [-0.3, -0.25) is 0 Å². The minimum Gasteiger partial charge on any atom is -0.481 e. The summed E-state index contributed by atoms with van der Waals surface area (Å²) in [5, 5.41) is 14.3. The number of aromatic nitrogens is 2. The molecule has 33 heavy (non-hydrogen) atoms. The number of hydrogen-bond acceptors (Lipinski definition) is 6. The smallest absolute Gasteiger partial charge is 0.346 e. The molecule has 0 saturated heterocycles. The first kappa shape index (κ1) is 22.1. The molecule has 0 amide bonds.